The number of aryl methyl sites for hydroxylation is 1. The van der Waals surface area contributed by atoms with E-state index in [-0.39, 0.29) is 28.4 Å². The predicted molar refractivity (Wildman–Crippen MR) is 178 cm³/mol. The van der Waals surface area contributed by atoms with Crippen molar-refractivity contribution in [1.29, 1.82) is 0 Å². The van der Waals surface area contributed by atoms with Gasteiger partial charge in [0.05, 0.1) is 0 Å². The van der Waals surface area contributed by atoms with E-state index >= 15 is 0 Å². The average molecular weight is 538 g/mol. The minimum atomic E-state index is -0.0852. The third kappa shape index (κ3) is 3.68. The smallest absolute Gasteiger partial charge is 0.247 e. The lowest BCUT2D eigenvalue weighted by atomic mass is 9.30. The lowest BCUT2D eigenvalue weighted by Crippen LogP contribution is -2.64. The van der Waals surface area contributed by atoms with Crippen molar-refractivity contribution in [2.45, 2.75) is 97.3 Å². The molecular weight excluding hydrogens is 493 g/mol. The Bertz CT molecular complexity index is 1730. The summed E-state index contributed by atoms with van der Waals surface area (Å²) in [4.78, 5) is 2.53. The van der Waals surface area contributed by atoms with Crippen molar-refractivity contribution in [3.05, 3.63) is 106 Å². The minimum Gasteiger partial charge on any atom is -0.312 e. The van der Waals surface area contributed by atoms with Crippen LogP contribution in [-0.4, -0.2) is 6.71 Å². The predicted octanol–water partition coefficient (Wildman–Crippen LogP) is 8.19. The molecule has 0 aromatic heterocycles. The van der Waals surface area contributed by atoms with Crippen LogP contribution in [0.3, 0.4) is 0 Å². The van der Waals surface area contributed by atoms with Crippen molar-refractivity contribution in [3.8, 4) is 0 Å². The van der Waals surface area contributed by atoms with Gasteiger partial charge in [0, 0.05) is 22.5 Å². The summed E-state index contributed by atoms with van der Waals surface area (Å²) < 4.78 is 0. The molecule has 0 unspecified atom stereocenters. The molecule has 0 spiro atoms. The highest BCUT2D eigenvalue weighted by atomic mass is 15.1. The number of benzene rings is 4. The van der Waals surface area contributed by atoms with Gasteiger partial charge in [-0.3, -0.25) is 0 Å². The minimum absolute atomic E-state index is 0.0852. The van der Waals surface area contributed by atoms with E-state index in [1.54, 1.807) is 11.1 Å². The van der Waals surface area contributed by atoms with E-state index in [0.717, 1.165) is 0 Å². The first-order valence-corrected chi connectivity index (χ1v) is 15.5. The molecule has 0 atom stereocenters. The fourth-order valence-electron chi connectivity index (χ4n) is 8.66. The van der Waals surface area contributed by atoms with Crippen LogP contribution in [0.1, 0.15) is 102 Å². The molecule has 0 amide bonds. The van der Waals surface area contributed by atoms with Gasteiger partial charge in [0.1, 0.15) is 0 Å². The fourth-order valence-corrected chi connectivity index (χ4v) is 8.66. The highest BCUT2D eigenvalue weighted by molar-refractivity contribution is 6.99. The summed E-state index contributed by atoms with van der Waals surface area (Å²) in [6.07, 6.45) is 1.19. The van der Waals surface area contributed by atoms with Gasteiger partial charge in [0.2, 0.25) is 6.71 Å². The molecule has 2 heteroatoms. The van der Waals surface area contributed by atoms with E-state index in [4.69, 9.17) is 0 Å². The van der Waals surface area contributed by atoms with Gasteiger partial charge in [-0.2, -0.15) is 0 Å². The molecule has 2 aliphatic heterocycles. The Balaban J connectivity index is 1.53. The summed E-state index contributed by atoms with van der Waals surface area (Å²) in [5.74, 6) is 0. The van der Waals surface area contributed by atoms with Crippen molar-refractivity contribution in [2.24, 2.45) is 0 Å². The zero-order chi connectivity index (χ0) is 29.3. The summed E-state index contributed by atoms with van der Waals surface area (Å²) >= 11 is 0. The normalized spacial score (nSPS) is 18.9. The lowest BCUT2D eigenvalue weighted by Gasteiger charge is -2.46. The van der Waals surface area contributed by atoms with Gasteiger partial charge in [-0.25, -0.2) is 0 Å². The Kier molecular flexibility index (Phi) is 5.32. The van der Waals surface area contributed by atoms with Crippen LogP contribution < -0.4 is 21.3 Å². The highest BCUT2D eigenvalue weighted by Gasteiger charge is 2.49. The van der Waals surface area contributed by atoms with E-state index in [2.05, 4.69) is 147 Å². The van der Waals surface area contributed by atoms with Crippen LogP contribution in [0.5, 0.6) is 0 Å². The largest absolute Gasteiger partial charge is 0.312 e. The number of anilines is 3. The molecule has 0 saturated heterocycles. The monoisotopic (exact) mass is 537 g/mol. The quantitative estimate of drug-likeness (QED) is 0.195. The molecule has 2 heterocycles. The molecular formula is C39H44BN. The van der Waals surface area contributed by atoms with Gasteiger partial charge >= 0.3 is 0 Å². The number of fused-ring (bicyclic) bond motifs is 5. The second kappa shape index (κ2) is 8.18. The molecule has 0 fully saturated rings. The average Bonchev–Trinajstić information content (AvgIpc) is 3.07. The first-order valence-electron chi connectivity index (χ1n) is 15.5. The first kappa shape index (κ1) is 26.6. The van der Waals surface area contributed by atoms with Gasteiger partial charge in [-0.1, -0.05) is 122 Å². The molecule has 4 aromatic carbocycles. The Hall–Kier alpha value is -3.26. The molecule has 0 N–H and O–H groups in total. The van der Waals surface area contributed by atoms with Crippen molar-refractivity contribution >= 4 is 40.2 Å². The molecule has 4 aromatic rings. The summed E-state index contributed by atoms with van der Waals surface area (Å²) in [6, 6.07) is 28.7. The molecule has 3 aliphatic rings. The number of nitrogens with zero attached hydrogens (tertiary/aromatic N) is 1. The first-order chi connectivity index (χ1) is 19.1. The van der Waals surface area contributed by atoms with Gasteiger partial charge in [0.15, 0.2) is 0 Å². The Labute approximate surface area is 248 Å². The van der Waals surface area contributed by atoms with Gasteiger partial charge in [-0.15, -0.1) is 0 Å². The lowest BCUT2D eigenvalue weighted by molar-refractivity contribution is 0.403. The van der Waals surface area contributed by atoms with Crippen molar-refractivity contribution < 1.29 is 0 Å². The number of hydrogen-bond donors (Lipinski definition) is 0. The third-order valence-electron chi connectivity index (χ3n) is 10.5. The summed E-state index contributed by atoms with van der Waals surface area (Å²) in [7, 11) is 0. The SMILES string of the molecule is Cc1ccc2c(c1)B1c3cc4c(cc3C(C)(C)c3cccc(c31)N2c1ccc(C(C)(C)C)cc1)C(C)(C)CC4(C)C. The third-order valence-corrected chi connectivity index (χ3v) is 10.5. The molecule has 208 valence electrons. The van der Waals surface area contributed by atoms with Crippen molar-refractivity contribution in [1.82, 2.24) is 0 Å². The molecule has 7 rings (SSSR count). The fraction of sp³-hybridized carbons (Fsp3) is 0.385. The zero-order valence-electron chi connectivity index (χ0n) is 26.7. The Morgan fingerprint density at radius 2 is 1.32 bits per heavy atom. The van der Waals surface area contributed by atoms with Crippen LogP contribution in [0, 0.1) is 6.92 Å². The van der Waals surface area contributed by atoms with E-state index in [1.807, 2.05) is 0 Å². The van der Waals surface area contributed by atoms with Crippen LogP contribution in [0.25, 0.3) is 0 Å². The standard InChI is InChI=1S/C39H44BN/c1-24-14-19-33-32(20-24)40-31-22-29-28(37(5,6)23-38(29,7)8)21-30(31)39(9,10)27-12-11-13-34(35(27)40)41(33)26-17-15-25(16-18-26)36(2,3)4/h11-22H,23H2,1-10H3. The maximum absolute atomic E-state index is 2.63. The summed E-state index contributed by atoms with van der Waals surface area (Å²) in [5.41, 5.74) is 17.4. The van der Waals surface area contributed by atoms with Crippen molar-refractivity contribution in [2.75, 3.05) is 4.90 Å². The van der Waals surface area contributed by atoms with Crippen molar-refractivity contribution in [3.63, 3.8) is 0 Å². The van der Waals surface area contributed by atoms with Gasteiger partial charge in [-0.05, 0) is 92.6 Å². The molecule has 41 heavy (non-hydrogen) atoms. The van der Waals surface area contributed by atoms with E-state index in [1.165, 1.54) is 62.1 Å². The van der Waals surface area contributed by atoms with Crippen LogP contribution in [-0.2, 0) is 21.7 Å². The zero-order valence-corrected chi connectivity index (χ0v) is 26.7. The molecule has 0 saturated carbocycles. The Morgan fingerprint density at radius 3 is 1.98 bits per heavy atom. The molecule has 1 aliphatic carbocycles. The maximum atomic E-state index is 2.63. The topological polar surface area (TPSA) is 3.24 Å². The van der Waals surface area contributed by atoms with Crippen LogP contribution >= 0.6 is 0 Å². The van der Waals surface area contributed by atoms with Crippen LogP contribution in [0.15, 0.2) is 72.8 Å². The summed E-state index contributed by atoms with van der Waals surface area (Å²) in [6.45, 7) is 24.0. The van der Waals surface area contributed by atoms with E-state index in [9.17, 15) is 0 Å². The van der Waals surface area contributed by atoms with E-state index < -0.39 is 0 Å². The Morgan fingerprint density at radius 1 is 0.659 bits per heavy atom. The van der Waals surface area contributed by atoms with Crippen LogP contribution in [0.2, 0.25) is 0 Å². The molecule has 0 radical (unpaired) electrons. The highest BCUT2D eigenvalue weighted by Crippen LogP contribution is 2.51. The maximum Gasteiger partial charge on any atom is 0.247 e. The van der Waals surface area contributed by atoms with Crippen LogP contribution in [0.4, 0.5) is 17.1 Å². The second-order valence-corrected chi connectivity index (χ2v) is 15.9. The molecule has 1 nitrogen and oxygen atoms in total. The number of hydrogen-bond acceptors (Lipinski definition) is 1. The second-order valence-electron chi connectivity index (χ2n) is 15.9. The van der Waals surface area contributed by atoms with E-state index in [0.29, 0.717) is 0 Å². The number of rotatable bonds is 1. The summed E-state index contributed by atoms with van der Waals surface area (Å²) in [5, 5.41) is 0. The van der Waals surface area contributed by atoms with Gasteiger partial charge < -0.3 is 4.90 Å². The van der Waals surface area contributed by atoms with Gasteiger partial charge in [0.25, 0.3) is 0 Å². The molecule has 0 bridgehead atoms.